The van der Waals surface area contributed by atoms with Crippen molar-refractivity contribution in [3.8, 4) is 0 Å². The Bertz CT molecular complexity index is 524. The fraction of sp³-hybridized carbons (Fsp3) is 0.333. The second kappa shape index (κ2) is 5.05. The number of cyclic esters (lactones) is 1. The Balaban J connectivity index is 2.07. The minimum Gasteiger partial charge on any atom is -0.462 e. The van der Waals surface area contributed by atoms with Crippen molar-refractivity contribution in [2.45, 2.75) is 13.0 Å². The highest BCUT2D eigenvalue weighted by molar-refractivity contribution is 5.92. The van der Waals surface area contributed by atoms with E-state index in [0.29, 0.717) is 0 Å². The normalized spacial score (nSPS) is 21.8. The van der Waals surface area contributed by atoms with Crippen molar-refractivity contribution in [3.63, 3.8) is 0 Å². The monoisotopic (exact) mass is 265 g/mol. The fourth-order valence-corrected chi connectivity index (χ4v) is 1.68. The van der Waals surface area contributed by atoms with Crippen LogP contribution in [0.5, 0.6) is 0 Å². The third-order valence-electron chi connectivity index (χ3n) is 2.79. The summed E-state index contributed by atoms with van der Waals surface area (Å²) in [4.78, 5) is 33.0. The molecule has 2 rings (SSSR count). The number of esters is 2. The van der Waals surface area contributed by atoms with E-state index in [4.69, 9.17) is 9.47 Å². The number of benzene rings is 1. The minimum absolute atomic E-state index is 0.120. The molecule has 0 spiro atoms. The molecule has 1 aromatic rings. The van der Waals surface area contributed by atoms with Gasteiger partial charge in [0.25, 0.3) is 5.69 Å². The van der Waals surface area contributed by atoms with Gasteiger partial charge in [-0.05, 0) is 12.1 Å². The number of ether oxygens (including phenoxy) is 2. The summed E-state index contributed by atoms with van der Waals surface area (Å²) < 4.78 is 9.80. The Kier molecular flexibility index (Phi) is 3.46. The Morgan fingerprint density at radius 3 is 2.53 bits per heavy atom. The van der Waals surface area contributed by atoms with E-state index in [1.165, 1.54) is 24.3 Å². The van der Waals surface area contributed by atoms with Crippen molar-refractivity contribution in [3.05, 3.63) is 39.9 Å². The molecule has 0 unspecified atom stereocenters. The van der Waals surface area contributed by atoms with Gasteiger partial charge in [-0.25, -0.2) is 9.59 Å². The fourth-order valence-electron chi connectivity index (χ4n) is 1.68. The number of nitro groups is 1. The number of carbonyl (C=O) groups is 2. The minimum atomic E-state index is -0.914. The van der Waals surface area contributed by atoms with Crippen molar-refractivity contribution in [1.82, 2.24) is 0 Å². The molecular formula is C12H11NO6. The van der Waals surface area contributed by atoms with Crippen LogP contribution < -0.4 is 0 Å². The third kappa shape index (κ3) is 2.70. The second-order valence-electron chi connectivity index (χ2n) is 4.24. The average Bonchev–Trinajstić information content (AvgIpc) is 2.70. The van der Waals surface area contributed by atoms with Crippen molar-refractivity contribution in [2.24, 2.45) is 5.92 Å². The number of nitrogens with zero attached hydrogens (tertiary/aromatic N) is 1. The van der Waals surface area contributed by atoms with E-state index >= 15 is 0 Å². The largest absolute Gasteiger partial charge is 0.462 e. The molecule has 0 aromatic heterocycles. The van der Waals surface area contributed by atoms with Crippen molar-refractivity contribution in [1.29, 1.82) is 0 Å². The van der Waals surface area contributed by atoms with Crippen LogP contribution in [0.1, 0.15) is 17.3 Å². The summed E-state index contributed by atoms with van der Waals surface area (Å²) in [6, 6.07) is 4.97. The lowest BCUT2D eigenvalue weighted by molar-refractivity contribution is -0.384. The van der Waals surface area contributed by atoms with Gasteiger partial charge in [0.15, 0.2) is 0 Å². The summed E-state index contributed by atoms with van der Waals surface area (Å²) in [6.07, 6.45) is -0.914. The number of hydrogen-bond acceptors (Lipinski definition) is 6. The molecular weight excluding hydrogens is 254 g/mol. The Labute approximate surface area is 108 Å². The van der Waals surface area contributed by atoms with Crippen LogP contribution in [0.15, 0.2) is 24.3 Å². The molecule has 19 heavy (non-hydrogen) atoms. The molecule has 0 bridgehead atoms. The third-order valence-corrected chi connectivity index (χ3v) is 2.79. The Morgan fingerprint density at radius 1 is 1.42 bits per heavy atom. The van der Waals surface area contributed by atoms with E-state index in [9.17, 15) is 19.7 Å². The van der Waals surface area contributed by atoms with Gasteiger partial charge >= 0.3 is 11.9 Å². The zero-order chi connectivity index (χ0) is 14.0. The molecule has 2 atom stereocenters. The van der Waals surface area contributed by atoms with Gasteiger partial charge in [-0.1, -0.05) is 6.92 Å². The molecule has 0 aliphatic carbocycles. The molecule has 7 nitrogen and oxygen atoms in total. The highest BCUT2D eigenvalue weighted by Crippen LogP contribution is 2.20. The highest BCUT2D eigenvalue weighted by atomic mass is 16.6. The Hall–Kier alpha value is -2.44. The van der Waals surface area contributed by atoms with Gasteiger partial charge in [-0.2, -0.15) is 0 Å². The number of nitro benzene ring substituents is 1. The van der Waals surface area contributed by atoms with E-state index in [0.717, 1.165) is 0 Å². The molecule has 100 valence electrons. The van der Waals surface area contributed by atoms with Crippen molar-refractivity contribution in [2.75, 3.05) is 6.61 Å². The van der Waals surface area contributed by atoms with Gasteiger partial charge in [0.05, 0.1) is 17.1 Å². The maximum atomic E-state index is 11.8. The summed E-state index contributed by atoms with van der Waals surface area (Å²) in [5, 5.41) is 10.5. The van der Waals surface area contributed by atoms with Crippen molar-refractivity contribution < 1.29 is 24.0 Å². The van der Waals surface area contributed by atoms with Gasteiger partial charge < -0.3 is 9.47 Å². The van der Waals surface area contributed by atoms with Crippen LogP contribution in [0.25, 0.3) is 0 Å². The lowest BCUT2D eigenvalue weighted by atomic mass is 10.1. The summed E-state index contributed by atoms with van der Waals surface area (Å²) in [5.41, 5.74) is 0.0303. The summed E-state index contributed by atoms with van der Waals surface area (Å²) in [7, 11) is 0. The number of carbonyl (C=O) groups excluding carboxylic acids is 2. The van der Waals surface area contributed by atoms with E-state index in [2.05, 4.69) is 0 Å². The SMILES string of the molecule is C[C@H]1COC(=O)[C@@H]1OC(=O)c1ccc([N+](=O)[O-])cc1. The first-order chi connectivity index (χ1) is 8.99. The molecule has 7 heteroatoms. The summed E-state index contributed by atoms with van der Waals surface area (Å²) >= 11 is 0. The van der Waals surface area contributed by atoms with Crippen LogP contribution in [0.2, 0.25) is 0 Å². The lowest BCUT2D eigenvalue weighted by Gasteiger charge is -2.11. The maximum absolute atomic E-state index is 11.8. The van der Waals surface area contributed by atoms with Gasteiger partial charge in [0.1, 0.15) is 0 Å². The van der Waals surface area contributed by atoms with Crippen molar-refractivity contribution >= 4 is 17.6 Å². The first-order valence-electron chi connectivity index (χ1n) is 5.61. The topological polar surface area (TPSA) is 95.7 Å². The zero-order valence-electron chi connectivity index (χ0n) is 10.1. The molecule has 0 amide bonds. The lowest BCUT2D eigenvalue weighted by Crippen LogP contribution is -2.27. The average molecular weight is 265 g/mol. The molecule has 1 aromatic carbocycles. The maximum Gasteiger partial charge on any atom is 0.347 e. The molecule has 1 saturated heterocycles. The molecule has 0 saturated carbocycles. The molecule has 1 heterocycles. The Morgan fingerprint density at radius 2 is 2.05 bits per heavy atom. The van der Waals surface area contributed by atoms with E-state index in [1.807, 2.05) is 0 Å². The van der Waals surface area contributed by atoms with Gasteiger partial charge in [-0.15, -0.1) is 0 Å². The zero-order valence-corrected chi connectivity index (χ0v) is 10.1. The van der Waals surface area contributed by atoms with Crippen LogP contribution in [0.3, 0.4) is 0 Å². The van der Waals surface area contributed by atoms with Gasteiger partial charge in [0.2, 0.25) is 6.10 Å². The van der Waals surface area contributed by atoms with Crippen LogP contribution in [-0.4, -0.2) is 29.6 Å². The number of non-ortho nitro benzene ring substituents is 1. The van der Waals surface area contributed by atoms with E-state index < -0.39 is 23.0 Å². The molecule has 1 fully saturated rings. The predicted molar refractivity (Wildman–Crippen MR) is 62.4 cm³/mol. The molecule has 0 radical (unpaired) electrons. The van der Waals surface area contributed by atoms with Crippen LogP contribution in [-0.2, 0) is 14.3 Å². The second-order valence-corrected chi connectivity index (χ2v) is 4.24. The van der Waals surface area contributed by atoms with E-state index in [-0.39, 0.29) is 23.8 Å². The van der Waals surface area contributed by atoms with Gasteiger partial charge in [-0.3, -0.25) is 10.1 Å². The van der Waals surface area contributed by atoms with Gasteiger partial charge in [0, 0.05) is 18.1 Å². The summed E-state index contributed by atoms with van der Waals surface area (Å²) in [6.45, 7) is 1.95. The molecule has 1 aliphatic rings. The number of hydrogen-bond donors (Lipinski definition) is 0. The first kappa shape index (κ1) is 13.0. The van der Waals surface area contributed by atoms with Crippen LogP contribution in [0.4, 0.5) is 5.69 Å². The van der Waals surface area contributed by atoms with Crippen LogP contribution in [0, 0.1) is 16.0 Å². The van der Waals surface area contributed by atoms with Crippen LogP contribution >= 0.6 is 0 Å². The number of rotatable bonds is 3. The quantitative estimate of drug-likeness (QED) is 0.464. The smallest absolute Gasteiger partial charge is 0.347 e. The van der Waals surface area contributed by atoms with E-state index in [1.54, 1.807) is 6.92 Å². The highest BCUT2D eigenvalue weighted by Gasteiger charge is 2.37. The standard InChI is InChI=1S/C12H11NO6/c1-7-6-18-12(15)10(7)19-11(14)8-2-4-9(5-3-8)13(16)17/h2-5,7,10H,6H2,1H3/t7-,10+/m0/s1. The summed E-state index contributed by atoms with van der Waals surface area (Å²) in [5.74, 6) is -1.47. The first-order valence-corrected chi connectivity index (χ1v) is 5.61. The molecule has 0 N–H and O–H groups in total. The predicted octanol–water partition coefficient (Wildman–Crippen LogP) is 1.31. The molecule has 1 aliphatic heterocycles.